The highest BCUT2D eigenvalue weighted by Gasteiger charge is 2.25. The molecule has 0 atom stereocenters. The summed E-state index contributed by atoms with van der Waals surface area (Å²) in [5.41, 5.74) is 1.96. The summed E-state index contributed by atoms with van der Waals surface area (Å²) in [6, 6.07) is 5.42. The van der Waals surface area contributed by atoms with Gasteiger partial charge in [0.15, 0.2) is 16.9 Å². The first-order chi connectivity index (χ1) is 9.31. The second kappa shape index (κ2) is 4.02. The molecule has 0 bridgehead atoms. The lowest BCUT2D eigenvalue weighted by molar-refractivity contribution is 0.297. The lowest BCUT2D eigenvalue weighted by Crippen LogP contribution is -2.05. The van der Waals surface area contributed by atoms with Crippen molar-refractivity contribution in [1.29, 1.82) is 0 Å². The molecule has 1 fully saturated rings. The SMILES string of the molecule is O=c1cc(C2CC2)[nH]c2cc3c(cc12)OCCCO3. The van der Waals surface area contributed by atoms with E-state index in [1.807, 2.05) is 6.07 Å². The van der Waals surface area contributed by atoms with Crippen LogP contribution in [0.1, 0.15) is 30.9 Å². The van der Waals surface area contributed by atoms with Gasteiger partial charge in [0.25, 0.3) is 0 Å². The molecule has 0 amide bonds. The number of fused-ring (bicyclic) bond motifs is 2. The van der Waals surface area contributed by atoms with Crippen molar-refractivity contribution in [3.05, 3.63) is 34.1 Å². The summed E-state index contributed by atoms with van der Waals surface area (Å²) in [6.45, 7) is 1.29. The largest absolute Gasteiger partial charge is 0.490 e. The normalized spacial score (nSPS) is 18.3. The molecule has 4 rings (SSSR count). The van der Waals surface area contributed by atoms with Gasteiger partial charge in [-0.2, -0.15) is 0 Å². The summed E-state index contributed by atoms with van der Waals surface area (Å²) in [5.74, 6) is 1.94. The number of nitrogens with one attached hydrogen (secondary N) is 1. The van der Waals surface area contributed by atoms with Gasteiger partial charge in [-0.15, -0.1) is 0 Å². The van der Waals surface area contributed by atoms with E-state index < -0.39 is 0 Å². The molecule has 1 aliphatic heterocycles. The van der Waals surface area contributed by atoms with Crippen molar-refractivity contribution in [1.82, 2.24) is 4.98 Å². The highest BCUT2D eigenvalue weighted by Crippen LogP contribution is 2.39. The minimum absolute atomic E-state index is 0.0614. The summed E-state index contributed by atoms with van der Waals surface area (Å²) in [7, 11) is 0. The van der Waals surface area contributed by atoms with Gasteiger partial charge in [-0.3, -0.25) is 4.79 Å². The fourth-order valence-electron chi connectivity index (χ4n) is 2.54. The summed E-state index contributed by atoms with van der Waals surface area (Å²) in [4.78, 5) is 15.6. The minimum Gasteiger partial charge on any atom is -0.490 e. The van der Waals surface area contributed by atoms with Gasteiger partial charge >= 0.3 is 0 Å². The molecule has 0 saturated heterocycles. The van der Waals surface area contributed by atoms with E-state index in [0.717, 1.165) is 23.4 Å². The molecular weight excluding hydrogens is 242 g/mol. The Labute approximate surface area is 110 Å². The Morgan fingerprint density at radius 2 is 1.79 bits per heavy atom. The maximum absolute atomic E-state index is 12.2. The summed E-state index contributed by atoms with van der Waals surface area (Å²) < 4.78 is 11.3. The second-order valence-electron chi connectivity index (χ2n) is 5.26. The number of aromatic nitrogens is 1. The third-order valence-electron chi connectivity index (χ3n) is 3.74. The lowest BCUT2D eigenvalue weighted by Gasteiger charge is -2.09. The molecule has 1 aliphatic carbocycles. The van der Waals surface area contributed by atoms with Crippen molar-refractivity contribution < 1.29 is 9.47 Å². The van der Waals surface area contributed by atoms with Crippen LogP contribution in [0.5, 0.6) is 11.5 Å². The number of H-pyrrole nitrogens is 1. The maximum atomic E-state index is 12.2. The lowest BCUT2D eigenvalue weighted by atomic mass is 10.1. The Morgan fingerprint density at radius 1 is 1.05 bits per heavy atom. The van der Waals surface area contributed by atoms with E-state index >= 15 is 0 Å². The first kappa shape index (κ1) is 10.9. The van der Waals surface area contributed by atoms with Gasteiger partial charge in [-0.25, -0.2) is 0 Å². The van der Waals surface area contributed by atoms with E-state index in [0.29, 0.717) is 30.3 Å². The average Bonchev–Trinajstić information content (AvgIpc) is 3.23. The zero-order chi connectivity index (χ0) is 12.8. The number of hydrogen-bond donors (Lipinski definition) is 1. The van der Waals surface area contributed by atoms with Crippen LogP contribution in [0.2, 0.25) is 0 Å². The van der Waals surface area contributed by atoms with Crippen molar-refractivity contribution in [2.45, 2.75) is 25.2 Å². The van der Waals surface area contributed by atoms with Crippen molar-refractivity contribution in [2.75, 3.05) is 13.2 Å². The molecule has 19 heavy (non-hydrogen) atoms. The zero-order valence-electron chi connectivity index (χ0n) is 10.6. The number of aromatic amines is 1. The van der Waals surface area contributed by atoms with Gasteiger partial charge in [0.2, 0.25) is 0 Å². The van der Waals surface area contributed by atoms with Crippen molar-refractivity contribution in [3.8, 4) is 11.5 Å². The van der Waals surface area contributed by atoms with Crippen molar-refractivity contribution >= 4 is 10.9 Å². The Hall–Kier alpha value is -1.97. The fraction of sp³-hybridized carbons (Fsp3) is 0.400. The molecule has 2 heterocycles. The fourth-order valence-corrected chi connectivity index (χ4v) is 2.54. The predicted molar refractivity (Wildman–Crippen MR) is 72.2 cm³/mol. The molecule has 2 aliphatic rings. The molecule has 4 nitrogen and oxygen atoms in total. The summed E-state index contributed by atoms with van der Waals surface area (Å²) in [6.07, 6.45) is 3.21. The Kier molecular flexibility index (Phi) is 2.31. The first-order valence-corrected chi connectivity index (χ1v) is 6.78. The van der Waals surface area contributed by atoms with Gasteiger partial charge in [0, 0.05) is 29.6 Å². The number of ether oxygens (including phenoxy) is 2. The molecule has 0 spiro atoms. The monoisotopic (exact) mass is 257 g/mol. The summed E-state index contributed by atoms with van der Waals surface area (Å²) >= 11 is 0. The van der Waals surface area contributed by atoms with E-state index in [1.54, 1.807) is 12.1 Å². The van der Waals surface area contributed by atoms with Gasteiger partial charge in [0.1, 0.15) is 0 Å². The molecule has 1 aromatic heterocycles. The molecular formula is C15H15NO3. The maximum Gasteiger partial charge on any atom is 0.189 e. The average molecular weight is 257 g/mol. The molecule has 0 unspecified atom stereocenters. The smallest absolute Gasteiger partial charge is 0.189 e. The van der Waals surface area contributed by atoms with Gasteiger partial charge in [0.05, 0.1) is 18.7 Å². The van der Waals surface area contributed by atoms with E-state index in [-0.39, 0.29) is 5.43 Å². The van der Waals surface area contributed by atoms with Crippen LogP contribution >= 0.6 is 0 Å². The van der Waals surface area contributed by atoms with Crippen LogP contribution < -0.4 is 14.9 Å². The van der Waals surface area contributed by atoms with Crippen LogP contribution in [0.4, 0.5) is 0 Å². The van der Waals surface area contributed by atoms with Crippen LogP contribution in [0.15, 0.2) is 23.0 Å². The third kappa shape index (κ3) is 1.87. The molecule has 4 heteroatoms. The van der Waals surface area contributed by atoms with Gasteiger partial charge < -0.3 is 14.5 Å². The van der Waals surface area contributed by atoms with Gasteiger partial charge in [-0.1, -0.05) is 0 Å². The Bertz CT molecular complexity index is 700. The topological polar surface area (TPSA) is 51.3 Å². The van der Waals surface area contributed by atoms with E-state index in [4.69, 9.17) is 9.47 Å². The first-order valence-electron chi connectivity index (χ1n) is 6.78. The van der Waals surface area contributed by atoms with Crippen LogP contribution in [-0.2, 0) is 0 Å². The molecule has 1 aromatic carbocycles. The Balaban J connectivity index is 1.93. The van der Waals surface area contributed by atoms with Crippen molar-refractivity contribution in [3.63, 3.8) is 0 Å². The van der Waals surface area contributed by atoms with Gasteiger partial charge in [-0.05, 0) is 24.8 Å². The van der Waals surface area contributed by atoms with Crippen LogP contribution in [0.3, 0.4) is 0 Å². The third-order valence-corrected chi connectivity index (χ3v) is 3.74. The van der Waals surface area contributed by atoms with Crippen LogP contribution in [-0.4, -0.2) is 18.2 Å². The van der Waals surface area contributed by atoms with Crippen LogP contribution in [0.25, 0.3) is 10.9 Å². The van der Waals surface area contributed by atoms with E-state index in [2.05, 4.69) is 4.98 Å². The minimum atomic E-state index is 0.0614. The quantitative estimate of drug-likeness (QED) is 0.854. The van der Waals surface area contributed by atoms with E-state index in [1.165, 1.54) is 12.8 Å². The number of benzene rings is 1. The van der Waals surface area contributed by atoms with Crippen molar-refractivity contribution in [2.24, 2.45) is 0 Å². The molecule has 1 saturated carbocycles. The molecule has 1 N–H and O–H groups in total. The highest BCUT2D eigenvalue weighted by molar-refractivity contribution is 5.82. The number of rotatable bonds is 1. The molecule has 2 aromatic rings. The Morgan fingerprint density at radius 3 is 2.53 bits per heavy atom. The van der Waals surface area contributed by atoms with Crippen LogP contribution in [0, 0.1) is 0 Å². The highest BCUT2D eigenvalue weighted by atomic mass is 16.5. The predicted octanol–water partition coefficient (Wildman–Crippen LogP) is 2.57. The second-order valence-corrected chi connectivity index (χ2v) is 5.26. The number of hydrogen-bond acceptors (Lipinski definition) is 3. The molecule has 98 valence electrons. The zero-order valence-corrected chi connectivity index (χ0v) is 10.6. The standard InChI is InChI=1S/C15H15NO3/c17-13-7-11(9-2-3-9)16-12-8-15-14(6-10(12)13)18-4-1-5-19-15/h6-9H,1-5H2,(H,16,17). The number of pyridine rings is 1. The van der Waals surface area contributed by atoms with E-state index in [9.17, 15) is 4.79 Å². The summed E-state index contributed by atoms with van der Waals surface area (Å²) in [5, 5.41) is 0.675. The molecule has 0 radical (unpaired) electrons.